The van der Waals surface area contributed by atoms with Crippen molar-refractivity contribution in [2.24, 2.45) is 0 Å². The number of anilines is 2. The van der Waals surface area contributed by atoms with Crippen LogP contribution in [0.3, 0.4) is 0 Å². The summed E-state index contributed by atoms with van der Waals surface area (Å²) in [6, 6.07) is 27.9. The Labute approximate surface area is 190 Å². The Morgan fingerprint density at radius 2 is 1.53 bits per heavy atom. The predicted molar refractivity (Wildman–Crippen MR) is 131 cm³/mol. The highest BCUT2D eigenvalue weighted by molar-refractivity contribution is 7.11. The Morgan fingerprint density at radius 1 is 0.906 bits per heavy atom. The fourth-order valence-corrected chi connectivity index (χ4v) is 3.94. The molecule has 0 aliphatic heterocycles. The number of nitrogens with one attached hydrogen (secondary N) is 2. The van der Waals surface area contributed by atoms with Crippen LogP contribution in [0.15, 0.2) is 90.4 Å². The lowest BCUT2D eigenvalue weighted by atomic mass is 10.0. The Bertz CT molecular complexity index is 1280. The van der Waals surface area contributed by atoms with Crippen LogP contribution in [0.25, 0.3) is 28.0 Å². The van der Waals surface area contributed by atoms with Crippen LogP contribution < -0.4 is 10.6 Å². The number of carbonyl (C=O) groups is 1. The lowest BCUT2D eigenvalue weighted by Gasteiger charge is -2.05. The number of hydrogen-bond acceptors (Lipinski definition) is 5. The summed E-state index contributed by atoms with van der Waals surface area (Å²) in [6.45, 7) is 1.47. The fourth-order valence-electron chi connectivity index (χ4n) is 3.14. The number of thiazole rings is 1. The predicted octanol–water partition coefficient (Wildman–Crippen LogP) is 6.41. The summed E-state index contributed by atoms with van der Waals surface area (Å²) in [6.07, 6.45) is 1.65. The summed E-state index contributed by atoms with van der Waals surface area (Å²) in [5.41, 5.74) is 6.14. The second-order valence-electron chi connectivity index (χ2n) is 7.05. The number of nitrogens with zero attached hydrogens (tertiary/aromatic N) is 2. The Kier molecular flexibility index (Phi) is 6.40. The SMILES string of the molecule is CC(=O)Nc1ccc(N/C=C(/C#N)c2nc(-c3ccc(-c4ccccc4)cc3)cs2)cc1. The number of rotatable bonds is 6. The first-order valence-corrected chi connectivity index (χ1v) is 10.9. The zero-order valence-electron chi connectivity index (χ0n) is 17.4. The van der Waals surface area contributed by atoms with Gasteiger partial charge in [-0.2, -0.15) is 5.26 Å². The molecule has 156 valence electrons. The second-order valence-corrected chi connectivity index (χ2v) is 7.91. The van der Waals surface area contributed by atoms with Crippen molar-refractivity contribution in [2.45, 2.75) is 6.92 Å². The van der Waals surface area contributed by atoms with Crippen LogP contribution in [-0.2, 0) is 4.79 Å². The Hall–Kier alpha value is -4.21. The molecule has 0 aliphatic rings. The minimum atomic E-state index is -0.119. The van der Waals surface area contributed by atoms with Crippen LogP contribution in [0, 0.1) is 11.3 Å². The van der Waals surface area contributed by atoms with E-state index in [1.54, 1.807) is 18.3 Å². The topological polar surface area (TPSA) is 77.8 Å². The minimum Gasteiger partial charge on any atom is -0.360 e. The molecular weight excluding hydrogens is 416 g/mol. The second kappa shape index (κ2) is 9.73. The first-order valence-electron chi connectivity index (χ1n) is 9.98. The molecule has 0 fully saturated rings. The van der Waals surface area contributed by atoms with E-state index in [-0.39, 0.29) is 5.91 Å². The van der Waals surface area contributed by atoms with E-state index >= 15 is 0 Å². The maximum atomic E-state index is 11.1. The molecule has 0 spiro atoms. The molecule has 4 aromatic rings. The summed E-state index contributed by atoms with van der Waals surface area (Å²) in [7, 11) is 0. The standard InChI is InChI=1S/C26H20N4OS/c1-18(31)29-24-13-11-23(12-14-24)28-16-22(15-27)26-30-25(17-32-26)21-9-7-20(8-10-21)19-5-3-2-4-6-19/h2-14,16-17,28H,1H3,(H,29,31)/b22-16-. The lowest BCUT2D eigenvalue weighted by Crippen LogP contribution is -2.05. The maximum Gasteiger partial charge on any atom is 0.221 e. The van der Waals surface area contributed by atoms with Crippen LogP contribution in [0.5, 0.6) is 0 Å². The van der Waals surface area contributed by atoms with Crippen LogP contribution in [0.2, 0.25) is 0 Å². The van der Waals surface area contributed by atoms with E-state index in [0.29, 0.717) is 10.6 Å². The number of nitriles is 1. The molecule has 0 bridgehead atoms. The van der Waals surface area contributed by atoms with Gasteiger partial charge < -0.3 is 10.6 Å². The zero-order chi connectivity index (χ0) is 22.3. The number of benzene rings is 3. The molecule has 1 amide bonds. The summed E-state index contributed by atoms with van der Waals surface area (Å²) < 4.78 is 0. The first kappa shape index (κ1) is 21.0. The highest BCUT2D eigenvalue weighted by atomic mass is 32.1. The van der Waals surface area contributed by atoms with Gasteiger partial charge in [-0.15, -0.1) is 11.3 Å². The molecule has 0 unspecified atom stereocenters. The molecule has 6 heteroatoms. The van der Waals surface area contributed by atoms with E-state index in [1.165, 1.54) is 23.8 Å². The van der Waals surface area contributed by atoms with Gasteiger partial charge in [-0.25, -0.2) is 4.98 Å². The molecule has 0 atom stereocenters. The van der Waals surface area contributed by atoms with Gasteiger partial charge in [0, 0.05) is 35.4 Å². The largest absolute Gasteiger partial charge is 0.360 e. The van der Waals surface area contributed by atoms with Gasteiger partial charge in [0.25, 0.3) is 0 Å². The number of amides is 1. The average molecular weight is 437 g/mol. The summed E-state index contributed by atoms with van der Waals surface area (Å²) in [4.78, 5) is 15.8. The van der Waals surface area contributed by atoms with Crippen LogP contribution in [0.4, 0.5) is 11.4 Å². The molecule has 3 aromatic carbocycles. The minimum absolute atomic E-state index is 0.119. The van der Waals surface area contributed by atoms with Crippen LogP contribution in [-0.4, -0.2) is 10.9 Å². The van der Waals surface area contributed by atoms with Crippen LogP contribution in [0.1, 0.15) is 11.9 Å². The van der Waals surface area contributed by atoms with Gasteiger partial charge in [-0.1, -0.05) is 54.6 Å². The highest BCUT2D eigenvalue weighted by Gasteiger charge is 2.09. The molecule has 0 saturated carbocycles. The van der Waals surface area contributed by atoms with E-state index in [1.807, 2.05) is 47.8 Å². The van der Waals surface area contributed by atoms with E-state index in [0.717, 1.165) is 28.2 Å². The van der Waals surface area contributed by atoms with E-state index in [4.69, 9.17) is 0 Å². The lowest BCUT2D eigenvalue weighted by molar-refractivity contribution is -0.114. The molecule has 4 rings (SSSR count). The normalized spacial score (nSPS) is 10.9. The van der Waals surface area contributed by atoms with Crippen molar-refractivity contribution in [2.75, 3.05) is 10.6 Å². The fraction of sp³-hybridized carbons (Fsp3) is 0.0385. The van der Waals surface area contributed by atoms with E-state index < -0.39 is 0 Å². The monoisotopic (exact) mass is 436 g/mol. The van der Waals surface area contributed by atoms with E-state index in [2.05, 4.69) is 46.0 Å². The van der Waals surface area contributed by atoms with E-state index in [9.17, 15) is 10.1 Å². The number of carbonyl (C=O) groups excluding carboxylic acids is 1. The third kappa shape index (κ3) is 5.09. The van der Waals surface area contributed by atoms with Gasteiger partial charge in [0.15, 0.2) is 0 Å². The molecular formula is C26H20N4OS. The third-order valence-corrected chi connectivity index (χ3v) is 5.61. The molecule has 0 radical (unpaired) electrons. The van der Waals surface area contributed by atoms with Crippen molar-refractivity contribution in [3.8, 4) is 28.5 Å². The number of hydrogen-bond donors (Lipinski definition) is 2. The van der Waals surface area contributed by atoms with Crippen LogP contribution >= 0.6 is 11.3 Å². The van der Waals surface area contributed by atoms with Gasteiger partial charge in [0.2, 0.25) is 5.91 Å². The molecule has 0 aliphatic carbocycles. The average Bonchev–Trinajstić information content (AvgIpc) is 3.31. The zero-order valence-corrected chi connectivity index (χ0v) is 18.2. The quantitative estimate of drug-likeness (QED) is 0.342. The van der Waals surface area contributed by atoms with Crippen molar-refractivity contribution in [3.05, 3.63) is 95.5 Å². The van der Waals surface area contributed by atoms with Gasteiger partial charge in [0.05, 0.1) is 5.69 Å². The van der Waals surface area contributed by atoms with Crippen molar-refractivity contribution in [3.63, 3.8) is 0 Å². The van der Waals surface area contributed by atoms with Gasteiger partial charge in [0.1, 0.15) is 16.6 Å². The molecule has 0 saturated heterocycles. The molecule has 2 N–H and O–H groups in total. The molecule has 1 aromatic heterocycles. The smallest absolute Gasteiger partial charge is 0.221 e. The molecule has 5 nitrogen and oxygen atoms in total. The molecule has 32 heavy (non-hydrogen) atoms. The summed E-state index contributed by atoms with van der Waals surface area (Å²) >= 11 is 1.43. The third-order valence-electron chi connectivity index (χ3n) is 4.73. The van der Waals surface area contributed by atoms with Gasteiger partial charge in [-0.05, 0) is 35.4 Å². The number of allylic oxidation sites excluding steroid dienone is 1. The summed E-state index contributed by atoms with van der Waals surface area (Å²) in [5, 5.41) is 18.1. The Morgan fingerprint density at radius 3 is 2.19 bits per heavy atom. The highest BCUT2D eigenvalue weighted by Crippen LogP contribution is 2.28. The van der Waals surface area contributed by atoms with Crippen molar-refractivity contribution < 1.29 is 4.79 Å². The van der Waals surface area contributed by atoms with Crippen molar-refractivity contribution in [1.82, 2.24) is 4.98 Å². The van der Waals surface area contributed by atoms with Crippen molar-refractivity contribution >= 4 is 34.2 Å². The van der Waals surface area contributed by atoms with Gasteiger partial charge >= 0.3 is 0 Å². The number of aromatic nitrogens is 1. The molecule has 1 heterocycles. The maximum absolute atomic E-state index is 11.1. The Balaban J connectivity index is 1.48. The van der Waals surface area contributed by atoms with Gasteiger partial charge in [-0.3, -0.25) is 4.79 Å². The summed E-state index contributed by atoms with van der Waals surface area (Å²) in [5.74, 6) is -0.119. The first-order chi connectivity index (χ1) is 15.6. The van der Waals surface area contributed by atoms with Crippen molar-refractivity contribution in [1.29, 1.82) is 5.26 Å².